The van der Waals surface area contributed by atoms with Crippen molar-refractivity contribution in [1.82, 2.24) is 5.32 Å². The number of ether oxygens (including phenoxy) is 1. The second kappa shape index (κ2) is 9.96. The molecule has 0 unspecified atom stereocenters. The van der Waals surface area contributed by atoms with Crippen molar-refractivity contribution in [2.24, 2.45) is 5.73 Å². The van der Waals surface area contributed by atoms with Gasteiger partial charge in [-0.1, -0.05) is 42.5 Å². The summed E-state index contributed by atoms with van der Waals surface area (Å²) in [4.78, 5) is 35.9. The monoisotopic (exact) mass is 369 g/mol. The van der Waals surface area contributed by atoms with E-state index in [2.05, 4.69) is 10.6 Å². The Balaban J connectivity index is 1.93. The molecule has 0 fully saturated rings. The Morgan fingerprint density at radius 3 is 2.33 bits per heavy atom. The van der Waals surface area contributed by atoms with Gasteiger partial charge >= 0.3 is 0 Å². The Kier molecular flexibility index (Phi) is 7.37. The van der Waals surface area contributed by atoms with Gasteiger partial charge < -0.3 is 21.1 Å². The highest BCUT2D eigenvalue weighted by Crippen LogP contribution is 2.23. The van der Waals surface area contributed by atoms with Crippen molar-refractivity contribution in [2.75, 3.05) is 11.9 Å². The largest absolute Gasteiger partial charge is 0.492 e. The van der Waals surface area contributed by atoms with Gasteiger partial charge in [-0.15, -0.1) is 0 Å². The van der Waals surface area contributed by atoms with Crippen LogP contribution in [-0.4, -0.2) is 30.4 Å². The number of benzene rings is 2. The van der Waals surface area contributed by atoms with Crippen LogP contribution in [0.15, 0.2) is 54.6 Å². The van der Waals surface area contributed by atoms with Crippen molar-refractivity contribution in [3.8, 4) is 5.75 Å². The molecule has 0 aromatic heterocycles. The first kappa shape index (κ1) is 20.0. The lowest BCUT2D eigenvalue weighted by Gasteiger charge is -2.16. The first-order valence-electron chi connectivity index (χ1n) is 8.64. The number of hydrogen-bond acceptors (Lipinski definition) is 4. The predicted molar refractivity (Wildman–Crippen MR) is 102 cm³/mol. The van der Waals surface area contributed by atoms with Gasteiger partial charge in [0.25, 0.3) is 0 Å². The molecule has 2 aromatic carbocycles. The van der Waals surface area contributed by atoms with Gasteiger partial charge in [0.1, 0.15) is 18.2 Å². The Morgan fingerprint density at radius 2 is 1.67 bits per heavy atom. The summed E-state index contributed by atoms with van der Waals surface area (Å²) in [5.74, 6) is -1.23. The maximum absolute atomic E-state index is 12.1. The molecule has 0 saturated carbocycles. The maximum atomic E-state index is 12.1. The Bertz CT molecular complexity index is 793. The van der Waals surface area contributed by atoms with Gasteiger partial charge in [-0.25, -0.2) is 0 Å². The Hall–Kier alpha value is -3.35. The maximum Gasteiger partial charge on any atom is 0.240 e. The van der Waals surface area contributed by atoms with Gasteiger partial charge in [-0.05, 0) is 24.6 Å². The number of nitrogens with one attached hydrogen (secondary N) is 2. The number of para-hydroxylation sites is 2. The van der Waals surface area contributed by atoms with E-state index in [9.17, 15) is 14.4 Å². The van der Waals surface area contributed by atoms with E-state index in [4.69, 9.17) is 10.5 Å². The normalized spacial score (nSPS) is 11.3. The van der Waals surface area contributed by atoms with Gasteiger partial charge in [0.15, 0.2) is 0 Å². The Morgan fingerprint density at radius 1 is 1.00 bits per heavy atom. The van der Waals surface area contributed by atoms with Crippen LogP contribution in [0.4, 0.5) is 5.69 Å². The van der Waals surface area contributed by atoms with Gasteiger partial charge in [-0.3, -0.25) is 14.4 Å². The molecule has 2 aromatic rings. The van der Waals surface area contributed by atoms with E-state index < -0.39 is 30.2 Å². The number of carbonyl (C=O) groups excluding carboxylic acids is 3. The van der Waals surface area contributed by atoms with Gasteiger partial charge in [0, 0.05) is 6.42 Å². The molecular weight excluding hydrogens is 346 g/mol. The van der Waals surface area contributed by atoms with Crippen LogP contribution in [0.5, 0.6) is 5.75 Å². The molecular formula is C20H23N3O4. The minimum absolute atomic E-state index is 0.261. The molecule has 0 aliphatic heterocycles. The van der Waals surface area contributed by atoms with E-state index in [-0.39, 0.29) is 6.42 Å². The third-order valence-corrected chi connectivity index (χ3v) is 3.74. The summed E-state index contributed by atoms with van der Waals surface area (Å²) < 4.78 is 5.43. The van der Waals surface area contributed by atoms with Crippen LogP contribution in [0, 0.1) is 0 Å². The van der Waals surface area contributed by atoms with Crippen LogP contribution < -0.4 is 21.1 Å². The number of nitrogens with two attached hydrogens (primary N) is 1. The third kappa shape index (κ3) is 6.47. The third-order valence-electron chi connectivity index (χ3n) is 3.74. The molecule has 1 atom stereocenters. The molecule has 2 rings (SSSR count). The van der Waals surface area contributed by atoms with Crippen LogP contribution in [-0.2, 0) is 20.8 Å². The molecule has 4 N–H and O–H groups in total. The van der Waals surface area contributed by atoms with Crippen molar-refractivity contribution in [3.63, 3.8) is 0 Å². The number of primary amides is 1. The van der Waals surface area contributed by atoms with Crippen LogP contribution in [0.3, 0.4) is 0 Å². The molecule has 7 nitrogen and oxygen atoms in total. The van der Waals surface area contributed by atoms with Crippen molar-refractivity contribution >= 4 is 23.4 Å². The lowest BCUT2D eigenvalue weighted by atomic mass is 10.1. The molecule has 0 spiro atoms. The highest BCUT2D eigenvalue weighted by atomic mass is 16.5. The average Bonchev–Trinajstić information content (AvgIpc) is 2.63. The zero-order valence-corrected chi connectivity index (χ0v) is 15.1. The summed E-state index contributed by atoms with van der Waals surface area (Å²) in [7, 11) is 0. The number of hydrogen-bond donors (Lipinski definition) is 3. The van der Waals surface area contributed by atoms with Crippen molar-refractivity contribution in [3.05, 3.63) is 60.2 Å². The van der Waals surface area contributed by atoms with E-state index in [0.29, 0.717) is 18.0 Å². The molecule has 27 heavy (non-hydrogen) atoms. The molecule has 0 aliphatic carbocycles. The SMILES string of the molecule is CCOc1ccccc1NC(=O)CC(=O)N[C@@H](Cc1ccccc1)C(N)=O. The number of rotatable bonds is 9. The summed E-state index contributed by atoms with van der Waals surface area (Å²) in [6.45, 7) is 2.29. The molecule has 3 amide bonds. The van der Waals surface area contributed by atoms with Gasteiger partial charge in [0.05, 0.1) is 12.3 Å². The minimum atomic E-state index is -0.886. The number of amides is 3. The van der Waals surface area contributed by atoms with Gasteiger partial charge in [-0.2, -0.15) is 0 Å². The van der Waals surface area contributed by atoms with Crippen molar-refractivity contribution in [1.29, 1.82) is 0 Å². The van der Waals surface area contributed by atoms with E-state index in [1.807, 2.05) is 37.3 Å². The fraction of sp³-hybridized carbons (Fsp3) is 0.250. The zero-order chi connectivity index (χ0) is 19.6. The second-order valence-electron chi connectivity index (χ2n) is 5.87. The van der Waals surface area contributed by atoms with Crippen LogP contribution in [0.1, 0.15) is 18.9 Å². The second-order valence-corrected chi connectivity index (χ2v) is 5.87. The van der Waals surface area contributed by atoms with E-state index in [1.165, 1.54) is 0 Å². The summed E-state index contributed by atoms with van der Waals surface area (Å²) >= 11 is 0. The number of anilines is 1. The highest BCUT2D eigenvalue weighted by molar-refractivity contribution is 6.05. The summed E-state index contributed by atoms with van der Waals surface area (Å²) in [6.07, 6.45) is -0.171. The highest BCUT2D eigenvalue weighted by Gasteiger charge is 2.20. The molecule has 0 heterocycles. The fourth-order valence-corrected chi connectivity index (χ4v) is 2.51. The fourth-order valence-electron chi connectivity index (χ4n) is 2.51. The quantitative estimate of drug-likeness (QED) is 0.583. The average molecular weight is 369 g/mol. The summed E-state index contributed by atoms with van der Waals surface area (Å²) in [5, 5.41) is 5.15. The standard InChI is InChI=1S/C20H23N3O4/c1-2-27-17-11-7-6-10-15(17)22-18(24)13-19(25)23-16(20(21)26)12-14-8-4-3-5-9-14/h3-11,16H,2,12-13H2,1H3,(H2,21,26)(H,22,24)(H,23,25)/t16-/m0/s1. The lowest BCUT2D eigenvalue weighted by Crippen LogP contribution is -2.46. The van der Waals surface area contributed by atoms with Crippen LogP contribution in [0.25, 0.3) is 0 Å². The predicted octanol–water partition coefficient (Wildman–Crippen LogP) is 1.63. The van der Waals surface area contributed by atoms with Crippen LogP contribution in [0.2, 0.25) is 0 Å². The van der Waals surface area contributed by atoms with Gasteiger partial charge in [0.2, 0.25) is 17.7 Å². The Labute approximate surface area is 157 Å². The molecule has 0 radical (unpaired) electrons. The first-order chi connectivity index (χ1) is 13.0. The molecule has 7 heteroatoms. The van der Waals surface area contributed by atoms with Crippen molar-refractivity contribution in [2.45, 2.75) is 25.8 Å². The summed E-state index contributed by atoms with van der Waals surface area (Å²) in [5.41, 5.74) is 6.71. The first-order valence-corrected chi connectivity index (χ1v) is 8.64. The number of carbonyl (C=O) groups is 3. The van der Waals surface area contributed by atoms with E-state index in [1.54, 1.807) is 24.3 Å². The summed E-state index contributed by atoms with van der Waals surface area (Å²) in [6, 6.07) is 15.2. The minimum Gasteiger partial charge on any atom is -0.492 e. The van der Waals surface area contributed by atoms with Crippen LogP contribution >= 0.6 is 0 Å². The van der Waals surface area contributed by atoms with E-state index >= 15 is 0 Å². The molecule has 142 valence electrons. The topological polar surface area (TPSA) is 111 Å². The smallest absolute Gasteiger partial charge is 0.240 e. The zero-order valence-electron chi connectivity index (χ0n) is 15.1. The molecule has 0 saturated heterocycles. The lowest BCUT2D eigenvalue weighted by molar-refractivity contribution is -0.130. The van der Waals surface area contributed by atoms with Crippen molar-refractivity contribution < 1.29 is 19.1 Å². The van der Waals surface area contributed by atoms with E-state index in [0.717, 1.165) is 5.56 Å². The molecule has 0 aliphatic rings. The molecule has 0 bridgehead atoms.